The third kappa shape index (κ3) is 4.42. The van der Waals surface area contributed by atoms with E-state index in [1.54, 1.807) is 42.9 Å². The summed E-state index contributed by atoms with van der Waals surface area (Å²) in [7, 11) is 0. The monoisotopic (exact) mass is 421 g/mol. The van der Waals surface area contributed by atoms with Crippen LogP contribution < -0.4 is 5.32 Å². The summed E-state index contributed by atoms with van der Waals surface area (Å²) >= 11 is 0. The summed E-state index contributed by atoms with van der Waals surface area (Å²) in [6, 6.07) is 15.6. The molecule has 5 rings (SSSR count). The fourth-order valence-electron chi connectivity index (χ4n) is 3.06. The van der Waals surface area contributed by atoms with Crippen molar-refractivity contribution >= 4 is 16.9 Å². The minimum Gasteiger partial charge on any atom is -0.350 e. The molecule has 0 atom stereocenters. The first kappa shape index (κ1) is 19.3. The Kier molecular flexibility index (Phi) is 5.20. The first-order valence-electron chi connectivity index (χ1n) is 9.83. The van der Waals surface area contributed by atoms with Crippen molar-refractivity contribution in [2.45, 2.75) is 6.54 Å². The summed E-state index contributed by atoms with van der Waals surface area (Å²) in [5.74, 6) is 6.81. The molecule has 0 aliphatic rings. The Hall–Kier alpha value is -4.64. The van der Waals surface area contributed by atoms with Gasteiger partial charge in [0.2, 0.25) is 5.95 Å². The second kappa shape index (κ2) is 8.62. The molecule has 3 heterocycles. The summed E-state index contributed by atoms with van der Waals surface area (Å²) in [4.78, 5) is 17.5. The molecule has 0 spiro atoms. The minimum absolute atomic E-state index is 0.269. The molecule has 7 nitrogen and oxygen atoms in total. The first-order chi connectivity index (χ1) is 15.7. The summed E-state index contributed by atoms with van der Waals surface area (Å²) in [5.41, 5.74) is 3.91. The van der Waals surface area contributed by atoms with Crippen LogP contribution in [0.25, 0.3) is 22.4 Å². The van der Waals surface area contributed by atoms with Crippen molar-refractivity contribution in [2.24, 2.45) is 0 Å². The van der Waals surface area contributed by atoms with E-state index in [2.05, 4.69) is 47.3 Å². The van der Waals surface area contributed by atoms with Crippen molar-refractivity contribution in [1.29, 1.82) is 0 Å². The number of rotatable bonds is 4. The molecule has 0 bridgehead atoms. The summed E-state index contributed by atoms with van der Waals surface area (Å²) in [6.45, 7) is 0.469. The third-order valence-corrected chi connectivity index (χ3v) is 4.68. The lowest BCUT2D eigenvalue weighted by Gasteiger charge is -2.06. The number of benzene rings is 2. The third-order valence-electron chi connectivity index (χ3n) is 4.68. The van der Waals surface area contributed by atoms with Crippen molar-refractivity contribution in [1.82, 2.24) is 30.1 Å². The van der Waals surface area contributed by atoms with Gasteiger partial charge in [0, 0.05) is 29.9 Å². The highest BCUT2D eigenvalue weighted by atomic mass is 19.1. The Balaban J connectivity index is 1.34. The smallest absolute Gasteiger partial charge is 0.223 e. The number of aromatic amines is 1. The number of nitrogens with one attached hydrogen (secondary N) is 2. The lowest BCUT2D eigenvalue weighted by molar-refractivity contribution is 0.627. The molecule has 0 aliphatic heterocycles. The molecule has 5 aromatic rings. The first-order valence-corrected chi connectivity index (χ1v) is 9.83. The van der Waals surface area contributed by atoms with Crippen LogP contribution in [0.5, 0.6) is 0 Å². The largest absolute Gasteiger partial charge is 0.350 e. The van der Waals surface area contributed by atoms with E-state index in [0.717, 1.165) is 22.0 Å². The van der Waals surface area contributed by atoms with Gasteiger partial charge in [0.15, 0.2) is 5.82 Å². The fourth-order valence-corrected chi connectivity index (χ4v) is 3.06. The van der Waals surface area contributed by atoms with Gasteiger partial charge in [-0.05, 0) is 53.9 Å². The van der Waals surface area contributed by atoms with Gasteiger partial charge >= 0.3 is 0 Å². The van der Waals surface area contributed by atoms with Gasteiger partial charge in [-0.15, -0.1) is 0 Å². The summed E-state index contributed by atoms with van der Waals surface area (Å²) in [5, 5.41) is 11.1. The lowest BCUT2D eigenvalue weighted by atomic mass is 10.1. The maximum absolute atomic E-state index is 13.1. The van der Waals surface area contributed by atoms with Crippen LogP contribution in [0.4, 0.5) is 10.3 Å². The van der Waals surface area contributed by atoms with Crippen LogP contribution in [0, 0.1) is 17.7 Å². The van der Waals surface area contributed by atoms with Gasteiger partial charge in [0.1, 0.15) is 17.2 Å². The highest BCUT2D eigenvalue weighted by Crippen LogP contribution is 2.15. The van der Waals surface area contributed by atoms with Gasteiger partial charge in [-0.25, -0.2) is 24.3 Å². The average molecular weight is 421 g/mol. The Labute approximate surface area is 182 Å². The van der Waals surface area contributed by atoms with Gasteiger partial charge in [0.05, 0.1) is 11.7 Å². The van der Waals surface area contributed by atoms with Crippen LogP contribution in [0.2, 0.25) is 0 Å². The Morgan fingerprint density at radius 3 is 2.69 bits per heavy atom. The number of hydrogen-bond donors (Lipinski definition) is 2. The maximum atomic E-state index is 13.1. The zero-order valence-corrected chi connectivity index (χ0v) is 16.7. The molecular formula is C24H16FN7. The lowest BCUT2D eigenvalue weighted by Crippen LogP contribution is -2.04. The molecule has 0 saturated carbocycles. The number of nitrogens with zero attached hydrogens (tertiary/aromatic N) is 5. The quantitative estimate of drug-likeness (QED) is 0.427. The summed E-state index contributed by atoms with van der Waals surface area (Å²) < 4.78 is 13.1. The second-order valence-corrected chi connectivity index (χ2v) is 6.93. The molecule has 154 valence electrons. The van der Waals surface area contributed by atoms with E-state index in [9.17, 15) is 4.39 Å². The van der Waals surface area contributed by atoms with Gasteiger partial charge < -0.3 is 5.32 Å². The number of halogens is 1. The molecule has 2 N–H and O–H groups in total. The number of aromatic nitrogens is 6. The fraction of sp³-hybridized carbons (Fsp3) is 0.0417. The topological polar surface area (TPSA) is 92.3 Å². The van der Waals surface area contributed by atoms with E-state index in [0.29, 0.717) is 29.7 Å². The van der Waals surface area contributed by atoms with Crippen molar-refractivity contribution in [3.63, 3.8) is 0 Å². The van der Waals surface area contributed by atoms with Gasteiger partial charge in [-0.3, -0.25) is 5.10 Å². The standard InChI is InChI=1S/C24H16FN7/c25-19-5-1-17(2-6-19)14-28-24-27-12-10-22(31-24)23-26-11-9-20(30-23)7-3-16-4-8-21-18(13-16)15-29-32-21/h1-2,4-6,8-13,15H,14H2,(H,29,32)(H,27,28,31). The molecule has 3 aromatic heterocycles. The normalized spacial score (nSPS) is 10.5. The Bertz CT molecular complexity index is 1450. The molecule has 0 amide bonds. The van der Waals surface area contributed by atoms with Crippen LogP contribution in [0.15, 0.2) is 73.2 Å². The highest BCUT2D eigenvalue weighted by molar-refractivity contribution is 5.79. The highest BCUT2D eigenvalue weighted by Gasteiger charge is 2.06. The average Bonchev–Trinajstić information content (AvgIpc) is 3.31. The second-order valence-electron chi connectivity index (χ2n) is 6.93. The number of fused-ring (bicyclic) bond motifs is 1. The van der Waals surface area contributed by atoms with Crippen LogP contribution in [-0.4, -0.2) is 30.1 Å². The van der Waals surface area contributed by atoms with Crippen LogP contribution in [-0.2, 0) is 6.54 Å². The van der Waals surface area contributed by atoms with Crippen LogP contribution in [0.1, 0.15) is 16.8 Å². The molecule has 0 aliphatic carbocycles. The minimum atomic E-state index is -0.269. The molecular weight excluding hydrogens is 405 g/mol. The van der Waals surface area contributed by atoms with E-state index in [1.807, 2.05) is 18.2 Å². The van der Waals surface area contributed by atoms with E-state index < -0.39 is 0 Å². The van der Waals surface area contributed by atoms with Crippen molar-refractivity contribution in [3.8, 4) is 23.4 Å². The van der Waals surface area contributed by atoms with Gasteiger partial charge in [-0.2, -0.15) is 5.10 Å². The van der Waals surface area contributed by atoms with Crippen LogP contribution in [0.3, 0.4) is 0 Å². The summed E-state index contributed by atoms with van der Waals surface area (Å²) in [6.07, 6.45) is 5.05. The predicted molar refractivity (Wildman–Crippen MR) is 119 cm³/mol. The van der Waals surface area contributed by atoms with E-state index in [1.165, 1.54) is 12.1 Å². The van der Waals surface area contributed by atoms with Crippen LogP contribution >= 0.6 is 0 Å². The van der Waals surface area contributed by atoms with Gasteiger partial charge in [0.25, 0.3) is 0 Å². The van der Waals surface area contributed by atoms with Crippen molar-refractivity contribution in [3.05, 3.63) is 95.8 Å². The zero-order valence-electron chi connectivity index (χ0n) is 16.7. The van der Waals surface area contributed by atoms with Gasteiger partial charge in [-0.1, -0.05) is 18.1 Å². The maximum Gasteiger partial charge on any atom is 0.223 e. The predicted octanol–water partition coefficient (Wildman–Crippen LogP) is 3.96. The van der Waals surface area contributed by atoms with E-state index in [-0.39, 0.29) is 5.82 Å². The number of H-pyrrole nitrogens is 1. The van der Waals surface area contributed by atoms with E-state index in [4.69, 9.17) is 0 Å². The molecule has 32 heavy (non-hydrogen) atoms. The number of hydrogen-bond acceptors (Lipinski definition) is 6. The van der Waals surface area contributed by atoms with E-state index >= 15 is 0 Å². The molecule has 0 saturated heterocycles. The molecule has 2 aromatic carbocycles. The Morgan fingerprint density at radius 1 is 0.906 bits per heavy atom. The molecule has 8 heteroatoms. The zero-order chi connectivity index (χ0) is 21.8. The molecule has 0 radical (unpaired) electrons. The van der Waals surface area contributed by atoms with Crippen molar-refractivity contribution < 1.29 is 4.39 Å². The SMILES string of the molecule is Fc1ccc(CNc2nccc(-c3nccc(C#Cc4ccc5[nH]ncc5c4)n3)n2)cc1. The Morgan fingerprint density at radius 2 is 1.78 bits per heavy atom. The molecule has 0 unspecified atom stereocenters. The van der Waals surface area contributed by atoms with Crippen molar-refractivity contribution in [2.75, 3.05) is 5.32 Å². The number of anilines is 1. The molecule has 0 fully saturated rings.